The number of nitrogens with zero attached hydrogens (tertiary/aromatic N) is 4. The number of benzene rings is 2. The average molecular weight is 629 g/mol. The van der Waals surface area contributed by atoms with E-state index in [4.69, 9.17) is 33.0 Å². The smallest absolute Gasteiger partial charge is 0.250 e. The van der Waals surface area contributed by atoms with E-state index in [1.807, 2.05) is 16.8 Å². The van der Waals surface area contributed by atoms with Gasteiger partial charge in [0.25, 0.3) is 0 Å². The number of hydrogen-bond acceptors (Lipinski definition) is 5. The van der Waals surface area contributed by atoms with Crippen LogP contribution in [0.2, 0.25) is 10.0 Å². The number of amides is 1. The number of pyridine rings is 1. The van der Waals surface area contributed by atoms with Crippen LogP contribution < -0.4 is 10.1 Å². The van der Waals surface area contributed by atoms with Crippen LogP contribution in [0.1, 0.15) is 35.9 Å². The van der Waals surface area contributed by atoms with Crippen molar-refractivity contribution in [2.75, 3.05) is 18.5 Å². The Labute approximate surface area is 241 Å². The molecule has 7 nitrogen and oxygen atoms in total. The van der Waals surface area contributed by atoms with Crippen LogP contribution in [0.4, 0.5) is 10.1 Å². The van der Waals surface area contributed by atoms with Crippen molar-refractivity contribution in [3.05, 3.63) is 80.1 Å². The molecule has 1 amide bonds. The first-order valence-electron chi connectivity index (χ1n) is 12.9. The van der Waals surface area contributed by atoms with E-state index in [9.17, 15) is 4.79 Å². The fourth-order valence-corrected chi connectivity index (χ4v) is 7.64. The molecule has 3 aliphatic heterocycles. The van der Waals surface area contributed by atoms with E-state index in [-0.39, 0.29) is 17.0 Å². The Morgan fingerprint density at radius 1 is 1.21 bits per heavy atom. The quantitative estimate of drug-likeness (QED) is 0.288. The van der Waals surface area contributed by atoms with Crippen molar-refractivity contribution in [3.8, 4) is 5.88 Å². The Morgan fingerprint density at radius 2 is 2.05 bits per heavy atom. The van der Waals surface area contributed by atoms with Crippen LogP contribution in [0.15, 0.2) is 53.1 Å². The summed E-state index contributed by atoms with van der Waals surface area (Å²) in [5.41, 5.74) is 1.08. The summed E-state index contributed by atoms with van der Waals surface area (Å²) in [6.07, 6.45) is 3.86. The molecule has 1 saturated carbocycles. The second kappa shape index (κ2) is 8.39. The van der Waals surface area contributed by atoms with Crippen LogP contribution >= 0.6 is 39.1 Å². The van der Waals surface area contributed by atoms with Gasteiger partial charge in [-0.3, -0.25) is 9.69 Å². The molecule has 4 atom stereocenters. The highest BCUT2D eigenvalue weighted by Crippen LogP contribution is 2.63. The highest BCUT2D eigenvalue weighted by Gasteiger charge is 2.69. The summed E-state index contributed by atoms with van der Waals surface area (Å²) < 4.78 is 25.1. The number of fused-ring (bicyclic) bond motifs is 7. The number of carbonyl (C=O) groups is 1. The molecular formula is C28H21BrCl2FN5O2. The molecule has 0 radical (unpaired) electrons. The van der Waals surface area contributed by atoms with Crippen molar-refractivity contribution in [2.24, 2.45) is 5.92 Å². The summed E-state index contributed by atoms with van der Waals surface area (Å²) in [5.74, 6) is -0.395. The highest BCUT2D eigenvalue weighted by molar-refractivity contribution is 9.10. The zero-order valence-electron chi connectivity index (χ0n) is 20.4. The van der Waals surface area contributed by atoms with Gasteiger partial charge in [0, 0.05) is 39.4 Å². The van der Waals surface area contributed by atoms with Crippen LogP contribution in [0.5, 0.6) is 5.88 Å². The number of hydrogen-bond donors (Lipinski definition) is 1. The number of nitrogens with one attached hydrogen (secondary N) is 1. The Bertz CT molecular complexity index is 1710. The largest absolute Gasteiger partial charge is 0.476 e. The van der Waals surface area contributed by atoms with Gasteiger partial charge in [-0.25, -0.2) is 14.1 Å². The number of halogens is 4. The van der Waals surface area contributed by atoms with Gasteiger partial charge in [-0.1, -0.05) is 41.4 Å². The normalized spacial score (nSPS) is 27.4. The molecule has 1 N–H and O–H groups in total. The van der Waals surface area contributed by atoms with E-state index in [2.05, 4.69) is 31.1 Å². The molecule has 11 heteroatoms. The van der Waals surface area contributed by atoms with E-state index in [1.54, 1.807) is 30.5 Å². The van der Waals surface area contributed by atoms with Gasteiger partial charge in [0.05, 0.1) is 22.5 Å². The minimum Gasteiger partial charge on any atom is -0.476 e. The van der Waals surface area contributed by atoms with Crippen molar-refractivity contribution < 1.29 is 13.9 Å². The average Bonchev–Trinajstić information content (AvgIpc) is 3.51. The molecule has 1 aliphatic carbocycles. The molecule has 0 bridgehead atoms. The maximum Gasteiger partial charge on any atom is 0.250 e. The van der Waals surface area contributed by atoms with E-state index >= 15 is 4.39 Å². The van der Waals surface area contributed by atoms with E-state index in [0.717, 1.165) is 28.3 Å². The minimum atomic E-state index is -1.22. The van der Waals surface area contributed by atoms with Gasteiger partial charge in [0.15, 0.2) is 5.65 Å². The maximum atomic E-state index is 16.1. The predicted octanol–water partition coefficient (Wildman–Crippen LogP) is 6.30. The van der Waals surface area contributed by atoms with Crippen molar-refractivity contribution in [2.45, 2.75) is 36.4 Å². The predicted molar refractivity (Wildman–Crippen MR) is 149 cm³/mol. The number of aromatic nitrogens is 3. The topological polar surface area (TPSA) is 72.3 Å². The van der Waals surface area contributed by atoms with Crippen LogP contribution in [0.3, 0.4) is 0 Å². The molecule has 2 fully saturated rings. The molecule has 8 rings (SSSR count). The summed E-state index contributed by atoms with van der Waals surface area (Å²) in [4.78, 5) is 21.1. The lowest BCUT2D eigenvalue weighted by Gasteiger charge is -2.39. The number of likely N-dealkylation sites (tertiary alicyclic amines) is 1. The van der Waals surface area contributed by atoms with Crippen LogP contribution in [0.25, 0.3) is 11.0 Å². The van der Waals surface area contributed by atoms with Gasteiger partial charge in [-0.15, -0.1) is 5.10 Å². The molecule has 2 aromatic carbocycles. The number of anilines is 1. The number of carbonyl (C=O) groups excluding carboxylic acids is 1. The zero-order valence-corrected chi connectivity index (χ0v) is 23.5. The van der Waals surface area contributed by atoms with Gasteiger partial charge >= 0.3 is 0 Å². The summed E-state index contributed by atoms with van der Waals surface area (Å²) in [6.45, 7) is 1.000. The monoisotopic (exact) mass is 627 g/mol. The fourth-order valence-electron chi connectivity index (χ4n) is 6.95. The zero-order chi connectivity index (χ0) is 26.6. The van der Waals surface area contributed by atoms with Crippen LogP contribution in [-0.4, -0.2) is 44.8 Å². The second-order valence-electron chi connectivity index (χ2n) is 10.8. The maximum absolute atomic E-state index is 16.1. The molecule has 39 heavy (non-hydrogen) atoms. The van der Waals surface area contributed by atoms with E-state index in [0.29, 0.717) is 46.9 Å². The molecule has 1 saturated heterocycles. The SMILES string of the molecule is O=C1Nc2cc(Cl)ccc2[C@@]12[C@@H](c1cccc(Cl)c1F)[C@H]1[C@H](COc3c4cc(Br)cnc4nn31)N2CC1CC1. The van der Waals surface area contributed by atoms with Crippen LogP contribution in [0, 0.1) is 11.7 Å². The summed E-state index contributed by atoms with van der Waals surface area (Å²) in [7, 11) is 0. The third-order valence-electron chi connectivity index (χ3n) is 8.64. The third-order valence-corrected chi connectivity index (χ3v) is 9.60. The third kappa shape index (κ3) is 3.27. The molecular weight excluding hydrogens is 608 g/mol. The van der Waals surface area contributed by atoms with Crippen LogP contribution in [-0.2, 0) is 10.3 Å². The molecule has 2 aromatic heterocycles. The van der Waals surface area contributed by atoms with Crippen molar-refractivity contribution >= 4 is 61.8 Å². The van der Waals surface area contributed by atoms with Gasteiger partial charge in [0.2, 0.25) is 11.8 Å². The summed E-state index contributed by atoms with van der Waals surface area (Å²) >= 11 is 16.2. The van der Waals surface area contributed by atoms with Crippen molar-refractivity contribution in [1.29, 1.82) is 0 Å². The Kier molecular flexibility index (Phi) is 5.19. The lowest BCUT2D eigenvalue weighted by molar-refractivity contribution is -0.128. The number of rotatable bonds is 3. The van der Waals surface area contributed by atoms with E-state index < -0.39 is 23.3 Å². The second-order valence-corrected chi connectivity index (χ2v) is 12.5. The molecule has 198 valence electrons. The van der Waals surface area contributed by atoms with Crippen molar-refractivity contribution in [1.82, 2.24) is 19.7 Å². The lowest BCUT2D eigenvalue weighted by Crippen LogP contribution is -2.54. The van der Waals surface area contributed by atoms with Gasteiger partial charge in [0.1, 0.15) is 18.0 Å². The van der Waals surface area contributed by atoms with Crippen molar-refractivity contribution in [3.63, 3.8) is 0 Å². The summed E-state index contributed by atoms with van der Waals surface area (Å²) in [5, 5.41) is 9.24. The molecule has 1 spiro atoms. The number of ether oxygens (including phenoxy) is 1. The van der Waals surface area contributed by atoms with E-state index in [1.165, 1.54) is 6.07 Å². The van der Waals surface area contributed by atoms with Gasteiger partial charge in [-0.05, 0) is 64.5 Å². The first kappa shape index (κ1) is 24.1. The Balaban J connectivity index is 1.45. The Hall–Kier alpha value is -2.72. The molecule has 4 aromatic rings. The minimum absolute atomic E-state index is 0.0121. The molecule has 5 heterocycles. The standard InChI is InChI=1S/C28H21BrCl2FN5O2/c29-14-8-17-25(33-10-14)35-37-24-21(12-39-26(17)37)36(11-13-4-5-13)28(22(24)16-2-1-3-19(31)23(16)32)18-7-6-15(30)9-20(18)34-27(28)38/h1-3,6-10,13,21-22,24H,4-5,11-12H2,(H,34,38)/t21-,22-,24+,28+/m0/s1. The van der Waals surface area contributed by atoms with Gasteiger partial charge < -0.3 is 10.1 Å². The first-order chi connectivity index (χ1) is 18.9. The fraction of sp³-hybridized carbons (Fsp3) is 0.321. The molecule has 0 unspecified atom stereocenters. The first-order valence-corrected chi connectivity index (χ1v) is 14.4. The van der Waals surface area contributed by atoms with Gasteiger partial charge in [-0.2, -0.15) is 0 Å². The molecule has 4 aliphatic rings. The Morgan fingerprint density at radius 3 is 2.87 bits per heavy atom. The lowest BCUT2D eigenvalue weighted by atomic mass is 9.73. The summed E-state index contributed by atoms with van der Waals surface area (Å²) in [6, 6.07) is 11.7. The highest BCUT2D eigenvalue weighted by atomic mass is 79.9.